The third kappa shape index (κ3) is 3.72. The van der Waals surface area contributed by atoms with Gasteiger partial charge in [-0.15, -0.1) is 0 Å². The topological polar surface area (TPSA) is 90.6 Å². The molecular formula is C15H24N4O3. The molecule has 2 rings (SSSR count). The number of amides is 1. The quantitative estimate of drug-likeness (QED) is 0.848. The molecule has 2 atom stereocenters. The summed E-state index contributed by atoms with van der Waals surface area (Å²) in [5.74, 6) is 0.360. The molecule has 1 aromatic rings. The van der Waals surface area contributed by atoms with Crippen LogP contribution in [-0.2, 0) is 9.53 Å². The van der Waals surface area contributed by atoms with Crippen LogP contribution in [-0.4, -0.2) is 59.7 Å². The van der Waals surface area contributed by atoms with E-state index < -0.39 is 0 Å². The van der Waals surface area contributed by atoms with E-state index in [9.17, 15) is 4.79 Å². The summed E-state index contributed by atoms with van der Waals surface area (Å²) in [6, 6.07) is -0.149. The Labute approximate surface area is 130 Å². The van der Waals surface area contributed by atoms with E-state index in [0.717, 1.165) is 24.1 Å². The van der Waals surface area contributed by atoms with Crippen LogP contribution >= 0.6 is 0 Å². The average Bonchev–Trinajstić information content (AvgIpc) is 2.50. The number of rotatable bonds is 5. The van der Waals surface area contributed by atoms with Gasteiger partial charge in [0.05, 0.1) is 12.6 Å². The lowest BCUT2D eigenvalue weighted by Crippen LogP contribution is -2.57. The van der Waals surface area contributed by atoms with Gasteiger partial charge in [-0.2, -0.15) is 0 Å². The summed E-state index contributed by atoms with van der Waals surface area (Å²) in [6.07, 6.45) is 3.24. The normalized spacial score (nSPS) is 21.7. The number of hydrogen-bond donors (Lipinski definition) is 1. The van der Waals surface area contributed by atoms with E-state index in [1.165, 1.54) is 6.33 Å². The Kier molecular flexibility index (Phi) is 5.68. The lowest BCUT2D eigenvalue weighted by Gasteiger charge is -2.39. The van der Waals surface area contributed by atoms with Gasteiger partial charge in [-0.25, -0.2) is 9.97 Å². The highest BCUT2D eigenvalue weighted by Crippen LogP contribution is 2.18. The molecule has 0 unspecified atom stereocenters. The van der Waals surface area contributed by atoms with E-state index in [-0.39, 0.29) is 24.6 Å². The summed E-state index contributed by atoms with van der Waals surface area (Å²) in [7, 11) is 1.62. The molecule has 0 spiro atoms. The first-order valence-corrected chi connectivity index (χ1v) is 7.49. The van der Waals surface area contributed by atoms with Crippen molar-refractivity contribution in [3.05, 3.63) is 17.6 Å². The molecule has 7 heteroatoms. The molecule has 1 aliphatic heterocycles. The number of carbonyl (C=O) groups excluding carboxylic acids is 1. The van der Waals surface area contributed by atoms with Crippen molar-refractivity contribution < 1.29 is 14.3 Å². The van der Waals surface area contributed by atoms with Crippen LogP contribution in [0.5, 0.6) is 5.88 Å². The molecule has 1 aromatic heterocycles. The summed E-state index contributed by atoms with van der Waals surface area (Å²) >= 11 is 0. The highest BCUT2D eigenvalue weighted by molar-refractivity contribution is 5.78. The molecule has 2 heterocycles. The summed E-state index contributed by atoms with van der Waals surface area (Å²) in [5, 5.41) is 0. The molecule has 0 saturated carbocycles. The maximum absolute atomic E-state index is 12.4. The van der Waals surface area contributed by atoms with E-state index in [1.807, 2.05) is 13.8 Å². The van der Waals surface area contributed by atoms with E-state index in [0.29, 0.717) is 19.0 Å². The third-order valence-corrected chi connectivity index (χ3v) is 4.11. The summed E-state index contributed by atoms with van der Waals surface area (Å²) in [4.78, 5) is 22.4. The van der Waals surface area contributed by atoms with Gasteiger partial charge in [-0.3, -0.25) is 4.79 Å². The number of ether oxygens (including phenoxy) is 2. The molecule has 0 radical (unpaired) electrons. The fraction of sp³-hybridized carbons (Fsp3) is 0.667. The minimum absolute atomic E-state index is 0.0514. The lowest BCUT2D eigenvalue weighted by molar-refractivity contribution is -0.139. The Balaban J connectivity index is 1.99. The van der Waals surface area contributed by atoms with Gasteiger partial charge in [0.25, 0.3) is 5.91 Å². The molecule has 1 amide bonds. The number of piperidine rings is 1. The van der Waals surface area contributed by atoms with Gasteiger partial charge in [0.15, 0.2) is 6.61 Å². The van der Waals surface area contributed by atoms with Crippen LogP contribution in [0.25, 0.3) is 0 Å². The second-order valence-electron chi connectivity index (χ2n) is 5.59. The number of nitrogens with zero attached hydrogens (tertiary/aromatic N) is 3. The highest BCUT2D eigenvalue weighted by Gasteiger charge is 2.32. The molecule has 1 aliphatic rings. The Morgan fingerprint density at radius 2 is 2.23 bits per heavy atom. The zero-order valence-corrected chi connectivity index (χ0v) is 13.4. The molecule has 1 fully saturated rings. The largest absolute Gasteiger partial charge is 0.467 e. The summed E-state index contributed by atoms with van der Waals surface area (Å²) in [6.45, 7) is 4.83. The minimum atomic E-state index is -0.0944. The molecule has 0 aliphatic carbocycles. The predicted octanol–water partition coefficient (Wildman–Crippen LogP) is 0.437. The van der Waals surface area contributed by atoms with Crippen LogP contribution < -0.4 is 10.5 Å². The van der Waals surface area contributed by atoms with Crippen molar-refractivity contribution in [1.82, 2.24) is 14.9 Å². The van der Waals surface area contributed by atoms with Crippen LogP contribution in [0.1, 0.15) is 24.1 Å². The predicted molar refractivity (Wildman–Crippen MR) is 81.6 cm³/mol. The van der Waals surface area contributed by atoms with Crippen molar-refractivity contribution in [2.45, 2.75) is 38.8 Å². The van der Waals surface area contributed by atoms with Crippen molar-refractivity contribution in [2.75, 3.05) is 26.9 Å². The maximum atomic E-state index is 12.4. The Morgan fingerprint density at radius 3 is 2.95 bits per heavy atom. The second-order valence-corrected chi connectivity index (χ2v) is 5.59. The fourth-order valence-corrected chi connectivity index (χ4v) is 2.66. The molecular weight excluding hydrogens is 284 g/mol. The maximum Gasteiger partial charge on any atom is 0.260 e. The first-order valence-electron chi connectivity index (χ1n) is 7.49. The number of hydrogen-bond acceptors (Lipinski definition) is 6. The molecule has 22 heavy (non-hydrogen) atoms. The first kappa shape index (κ1) is 16.6. The van der Waals surface area contributed by atoms with Crippen molar-refractivity contribution in [2.24, 2.45) is 5.73 Å². The van der Waals surface area contributed by atoms with Gasteiger partial charge in [-0.05, 0) is 26.7 Å². The summed E-state index contributed by atoms with van der Waals surface area (Å²) in [5.41, 5.74) is 7.80. The Hall–Kier alpha value is -1.73. The van der Waals surface area contributed by atoms with Crippen molar-refractivity contribution in [3.63, 3.8) is 0 Å². The standard InChI is InChI=1S/C15H24N4O3/c1-10-11(2)17-9-18-15(10)22-8-14(20)19-6-4-5-12(16)13(19)7-21-3/h9,12-13H,4-8,16H2,1-3H3/t12-,13-/m0/s1. The highest BCUT2D eigenvalue weighted by atomic mass is 16.5. The van der Waals surface area contributed by atoms with Crippen LogP contribution in [0.4, 0.5) is 0 Å². The number of carbonyl (C=O) groups is 1. The monoisotopic (exact) mass is 308 g/mol. The van der Waals surface area contributed by atoms with Gasteiger partial charge >= 0.3 is 0 Å². The number of methoxy groups -OCH3 is 1. The molecule has 2 N–H and O–H groups in total. The van der Waals surface area contributed by atoms with E-state index in [4.69, 9.17) is 15.2 Å². The molecule has 7 nitrogen and oxygen atoms in total. The van der Waals surface area contributed by atoms with E-state index in [1.54, 1.807) is 12.0 Å². The van der Waals surface area contributed by atoms with Gasteiger partial charge in [-0.1, -0.05) is 0 Å². The number of aryl methyl sites for hydroxylation is 1. The molecule has 0 bridgehead atoms. The van der Waals surface area contributed by atoms with Crippen LogP contribution in [0.2, 0.25) is 0 Å². The van der Waals surface area contributed by atoms with Crippen molar-refractivity contribution >= 4 is 5.91 Å². The fourth-order valence-electron chi connectivity index (χ4n) is 2.66. The molecule has 122 valence electrons. The number of aromatic nitrogens is 2. The smallest absolute Gasteiger partial charge is 0.260 e. The van der Waals surface area contributed by atoms with Crippen LogP contribution in [0.3, 0.4) is 0 Å². The Bertz CT molecular complexity index is 524. The zero-order chi connectivity index (χ0) is 16.1. The van der Waals surface area contributed by atoms with E-state index in [2.05, 4.69) is 9.97 Å². The SMILES string of the molecule is COC[C@H]1[C@@H](N)CCCN1C(=O)COc1ncnc(C)c1C. The first-order chi connectivity index (χ1) is 10.5. The van der Waals surface area contributed by atoms with Crippen LogP contribution in [0, 0.1) is 13.8 Å². The number of likely N-dealkylation sites (tertiary alicyclic amines) is 1. The van der Waals surface area contributed by atoms with Gasteiger partial charge in [0, 0.05) is 31.0 Å². The van der Waals surface area contributed by atoms with Gasteiger partial charge in [0.1, 0.15) is 6.33 Å². The van der Waals surface area contributed by atoms with Crippen LogP contribution in [0.15, 0.2) is 6.33 Å². The second kappa shape index (κ2) is 7.51. The molecule has 1 saturated heterocycles. The van der Waals surface area contributed by atoms with E-state index >= 15 is 0 Å². The minimum Gasteiger partial charge on any atom is -0.467 e. The van der Waals surface area contributed by atoms with Crippen molar-refractivity contribution in [1.29, 1.82) is 0 Å². The third-order valence-electron chi connectivity index (χ3n) is 4.11. The Morgan fingerprint density at radius 1 is 1.45 bits per heavy atom. The summed E-state index contributed by atoms with van der Waals surface area (Å²) < 4.78 is 10.8. The average molecular weight is 308 g/mol. The van der Waals surface area contributed by atoms with Gasteiger partial charge in [0.2, 0.25) is 5.88 Å². The van der Waals surface area contributed by atoms with Crippen molar-refractivity contribution in [3.8, 4) is 5.88 Å². The molecule has 0 aromatic carbocycles. The van der Waals surface area contributed by atoms with Gasteiger partial charge < -0.3 is 20.1 Å². The number of nitrogens with two attached hydrogens (primary N) is 1. The lowest BCUT2D eigenvalue weighted by atomic mass is 9.97. The zero-order valence-electron chi connectivity index (χ0n) is 13.4.